The second kappa shape index (κ2) is 5.44. The van der Waals surface area contributed by atoms with Gasteiger partial charge in [-0.1, -0.05) is 11.8 Å². The predicted octanol–water partition coefficient (Wildman–Crippen LogP) is 2.47. The number of hydrogen-bond acceptors (Lipinski definition) is 3. The molecule has 0 radical (unpaired) electrons. The molecule has 3 rings (SSSR count). The summed E-state index contributed by atoms with van der Waals surface area (Å²) < 4.78 is 0. The summed E-state index contributed by atoms with van der Waals surface area (Å²) in [4.78, 5) is 4.01. The fourth-order valence-corrected chi connectivity index (χ4v) is 3.16. The molecule has 0 spiro atoms. The normalized spacial score (nSPS) is 18.8. The standard InChI is InChI=1S/C15H19NOS/c17-8-1-2-13-7-9-18-15(13)11-16(14-5-6-14)10-12-3-4-12/h7,9,12,14,17H,3-6,8,10-11H2. The summed E-state index contributed by atoms with van der Waals surface area (Å²) in [6.07, 6.45) is 5.58. The Morgan fingerprint density at radius 3 is 2.83 bits per heavy atom. The Bertz CT molecular complexity index is 462. The molecule has 2 saturated carbocycles. The monoisotopic (exact) mass is 261 g/mol. The van der Waals surface area contributed by atoms with E-state index in [2.05, 4.69) is 28.2 Å². The number of aliphatic hydroxyl groups excluding tert-OH is 1. The number of thiophene rings is 1. The Balaban J connectivity index is 1.67. The van der Waals surface area contributed by atoms with E-state index in [1.165, 1.54) is 37.1 Å². The zero-order valence-corrected chi connectivity index (χ0v) is 11.4. The fourth-order valence-electron chi connectivity index (χ4n) is 2.31. The van der Waals surface area contributed by atoms with Gasteiger partial charge < -0.3 is 5.11 Å². The van der Waals surface area contributed by atoms with Crippen molar-refractivity contribution in [2.24, 2.45) is 5.92 Å². The minimum atomic E-state index is -0.0519. The summed E-state index contributed by atoms with van der Waals surface area (Å²) in [7, 11) is 0. The lowest BCUT2D eigenvalue weighted by Crippen LogP contribution is -2.27. The van der Waals surface area contributed by atoms with Crippen LogP contribution in [0, 0.1) is 17.8 Å². The minimum Gasteiger partial charge on any atom is -0.384 e. The zero-order chi connectivity index (χ0) is 12.4. The van der Waals surface area contributed by atoms with Crippen LogP contribution >= 0.6 is 11.3 Å². The quantitative estimate of drug-likeness (QED) is 0.823. The Kier molecular flexibility index (Phi) is 3.69. The van der Waals surface area contributed by atoms with Crippen LogP contribution in [0.1, 0.15) is 36.1 Å². The van der Waals surface area contributed by atoms with E-state index in [0.29, 0.717) is 0 Å². The molecule has 2 nitrogen and oxygen atoms in total. The van der Waals surface area contributed by atoms with Crippen molar-refractivity contribution in [1.82, 2.24) is 4.90 Å². The van der Waals surface area contributed by atoms with Crippen molar-refractivity contribution in [3.8, 4) is 11.8 Å². The van der Waals surface area contributed by atoms with Crippen molar-refractivity contribution >= 4 is 11.3 Å². The van der Waals surface area contributed by atoms with Crippen LogP contribution in [-0.2, 0) is 6.54 Å². The highest BCUT2D eigenvalue weighted by Crippen LogP contribution is 2.36. The van der Waals surface area contributed by atoms with Crippen molar-refractivity contribution in [3.05, 3.63) is 21.9 Å². The van der Waals surface area contributed by atoms with E-state index in [0.717, 1.165) is 24.1 Å². The summed E-state index contributed by atoms with van der Waals surface area (Å²) >= 11 is 1.80. The summed E-state index contributed by atoms with van der Waals surface area (Å²) in [6.45, 7) is 2.27. The van der Waals surface area contributed by atoms with Gasteiger partial charge in [-0.25, -0.2) is 0 Å². The molecule has 1 heterocycles. The molecule has 0 aliphatic heterocycles. The molecule has 1 aromatic heterocycles. The van der Waals surface area contributed by atoms with E-state index in [1.807, 2.05) is 0 Å². The van der Waals surface area contributed by atoms with Crippen molar-refractivity contribution in [2.75, 3.05) is 13.2 Å². The highest BCUT2D eigenvalue weighted by atomic mass is 32.1. The second-order valence-corrected chi connectivity index (χ2v) is 6.32. The van der Waals surface area contributed by atoms with Crippen LogP contribution in [0.4, 0.5) is 0 Å². The highest BCUT2D eigenvalue weighted by molar-refractivity contribution is 7.10. The summed E-state index contributed by atoms with van der Waals surface area (Å²) in [5.41, 5.74) is 1.11. The van der Waals surface area contributed by atoms with Gasteiger partial charge in [-0.3, -0.25) is 4.90 Å². The third-order valence-corrected chi connectivity index (χ3v) is 4.55. The van der Waals surface area contributed by atoms with Crippen LogP contribution in [0.15, 0.2) is 11.4 Å². The molecule has 96 valence electrons. The first kappa shape index (κ1) is 12.2. The molecule has 0 amide bonds. The van der Waals surface area contributed by atoms with Crippen LogP contribution in [0.3, 0.4) is 0 Å². The van der Waals surface area contributed by atoms with Crippen LogP contribution in [-0.4, -0.2) is 29.2 Å². The highest BCUT2D eigenvalue weighted by Gasteiger charge is 2.33. The summed E-state index contributed by atoms with van der Waals surface area (Å²) in [6, 6.07) is 2.90. The molecule has 2 aliphatic rings. The molecular weight excluding hydrogens is 242 g/mol. The lowest BCUT2D eigenvalue weighted by molar-refractivity contribution is 0.246. The molecule has 2 aliphatic carbocycles. The number of hydrogen-bond donors (Lipinski definition) is 1. The van der Waals surface area contributed by atoms with Crippen molar-refractivity contribution in [3.63, 3.8) is 0 Å². The molecule has 0 unspecified atom stereocenters. The van der Waals surface area contributed by atoms with Gasteiger partial charge in [0, 0.05) is 29.6 Å². The van der Waals surface area contributed by atoms with Gasteiger partial charge in [-0.15, -0.1) is 11.3 Å². The molecule has 0 aromatic carbocycles. The van der Waals surface area contributed by atoms with E-state index in [9.17, 15) is 0 Å². The number of aliphatic hydroxyl groups is 1. The largest absolute Gasteiger partial charge is 0.384 e. The third-order valence-electron chi connectivity index (χ3n) is 3.65. The number of rotatable bonds is 5. The van der Waals surface area contributed by atoms with Gasteiger partial charge in [0.25, 0.3) is 0 Å². The van der Waals surface area contributed by atoms with Crippen molar-refractivity contribution < 1.29 is 5.11 Å². The fraction of sp³-hybridized carbons (Fsp3) is 0.600. The SMILES string of the molecule is OCC#Cc1ccsc1CN(CC1CC1)C1CC1. The Morgan fingerprint density at radius 1 is 1.33 bits per heavy atom. The van der Waals surface area contributed by atoms with Gasteiger partial charge in [0.05, 0.1) is 0 Å². The average molecular weight is 261 g/mol. The maximum Gasteiger partial charge on any atom is 0.104 e. The lowest BCUT2D eigenvalue weighted by Gasteiger charge is -2.21. The first-order valence-corrected chi connectivity index (χ1v) is 7.65. The molecule has 0 atom stereocenters. The maximum absolute atomic E-state index is 8.78. The van der Waals surface area contributed by atoms with E-state index in [-0.39, 0.29) is 6.61 Å². The van der Waals surface area contributed by atoms with Gasteiger partial charge in [-0.2, -0.15) is 0 Å². The van der Waals surface area contributed by atoms with Crippen LogP contribution in [0.2, 0.25) is 0 Å². The van der Waals surface area contributed by atoms with E-state index in [1.54, 1.807) is 11.3 Å². The second-order valence-electron chi connectivity index (χ2n) is 5.32. The average Bonchev–Trinajstić information content (AvgIpc) is 3.26. The van der Waals surface area contributed by atoms with E-state index >= 15 is 0 Å². The first-order valence-electron chi connectivity index (χ1n) is 6.77. The van der Waals surface area contributed by atoms with E-state index in [4.69, 9.17) is 5.11 Å². The van der Waals surface area contributed by atoms with Gasteiger partial charge in [0.15, 0.2) is 0 Å². The topological polar surface area (TPSA) is 23.5 Å². The van der Waals surface area contributed by atoms with Gasteiger partial charge in [-0.05, 0) is 43.0 Å². The molecule has 3 heteroatoms. The van der Waals surface area contributed by atoms with Gasteiger partial charge >= 0.3 is 0 Å². The number of nitrogens with zero attached hydrogens (tertiary/aromatic N) is 1. The minimum absolute atomic E-state index is 0.0519. The Labute approximate surface area is 113 Å². The maximum atomic E-state index is 8.78. The zero-order valence-electron chi connectivity index (χ0n) is 10.6. The Hall–Kier alpha value is -0.820. The van der Waals surface area contributed by atoms with Crippen LogP contribution in [0.5, 0.6) is 0 Å². The van der Waals surface area contributed by atoms with Crippen LogP contribution in [0.25, 0.3) is 0 Å². The third kappa shape index (κ3) is 3.14. The van der Waals surface area contributed by atoms with Crippen molar-refractivity contribution in [1.29, 1.82) is 0 Å². The molecule has 0 bridgehead atoms. The van der Waals surface area contributed by atoms with Crippen molar-refractivity contribution in [2.45, 2.75) is 38.3 Å². The summed E-state index contributed by atoms with van der Waals surface area (Å²) in [5.74, 6) is 6.77. The van der Waals surface area contributed by atoms with Gasteiger partial charge in [0.1, 0.15) is 6.61 Å². The molecular formula is C15H19NOS. The predicted molar refractivity (Wildman–Crippen MR) is 74.4 cm³/mol. The van der Waals surface area contributed by atoms with Gasteiger partial charge in [0.2, 0.25) is 0 Å². The van der Waals surface area contributed by atoms with E-state index < -0.39 is 0 Å². The lowest BCUT2D eigenvalue weighted by atomic mass is 10.2. The molecule has 1 aromatic rings. The molecule has 1 N–H and O–H groups in total. The summed E-state index contributed by atoms with van der Waals surface area (Å²) in [5, 5.41) is 10.9. The molecule has 0 saturated heterocycles. The molecule has 18 heavy (non-hydrogen) atoms. The molecule has 2 fully saturated rings. The smallest absolute Gasteiger partial charge is 0.104 e. The Morgan fingerprint density at radius 2 is 2.17 bits per heavy atom. The van der Waals surface area contributed by atoms with Crippen LogP contribution < -0.4 is 0 Å². The first-order chi connectivity index (χ1) is 8.86.